The summed E-state index contributed by atoms with van der Waals surface area (Å²) in [6, 6.07) is 16.7. The molecule has 0 aliphatic rings. The molecule has 0 radical (unpaired) electrons. The van der Waals surface area contributed by atoms with E-state index in [-0.39, 0.29) is 0 Å². The Morgan fingerprint density at radius 2 is 1.50 bits per heavy atom. The minimum Gasteiger partial charge on any atom is -0.399 e. The van der Waals surface area contributed by atoms with Crippen molar-refractivity contribution in [1.82, 2.24) is 0 Å². The molecule has 1 nitrogen and oxygen atoms in total. The zero-order valence-electron chi connectivity index (χ0n) is 11.6. The molecule has 0 amide bonds. The zero-order valence-corrected chi connectivity index (χ0v) is 13.2. The monoisotopic (exact) mass is 301 g/mol. The third-order valence-electron chi connectivity index (χ3n) is 3.15. The minimum atomic E-state index is 0.457. The number of nitrogens with two attached hydrogens (primary N) is 1. The Morgan fingerprint density at radius 3 is 1.95 bits per heavy atom. The second-order valence-electron chi connectivity index (χ2n) is 4.56. The minimum absolute atomic E-state index is 0.457. The van der Waals surface area contributed by atoms with Gasteiger partial charge >= 0.3 is 0 Å². The van der Waals surface area contributed by atoms with Gasteiger partial charge in [-0.2, -0.15) is 0 Å². The van der Waals surface area contributed by atoms with Crippen LogP contribution in [-0.2, 0) is 0 Å². The lowest BCUT2D eigenvalue weighted by atomic mass is 9.97. The molecule has 0 aliphatic carbocycles. The van der Waals surface area contributed by atoms with Crippen LogP contribution in [0.3, 0.4) is 0 Å². The molecule has 2 rings (SSSR count). The first-order valence-corrected chi connectivity index (χ1v) is 8.80. The third-order valence-corrected chi connectivity index (χ3v) is 5.56. The van der Waals surface area contributed by atoms with E-state index in [1.165, 1.54) is 15.4 Å². The van der Waals surface area contributed by atoms with Crippen LogP contribution in [0, 0.1) is 0 Å². The average Bonchev–Trinajstić information content (AvgIpc) is 2.49. The molecule has 2 aromatic carbocycles. The van der Waals surface area contributed by atoms with Gasteiger partial charge in [0.2, 0.25) is 0 Å². The SMILES string of the molecule is C=C[C@H](CC)c1ccc(SSc2ccc(N)cc2)cc1. The number of hydrogen-bond donors (Lipinski definition) is 1. The van der Waals surface area contributed by atoms with Crippen molar-refractivity contribution in [3.05, 3.63) is 66.7 Å². The summed E-state index contributed by atoms with van der Waals surface area (Å²) >= 11 is 0. The molecular weight excluding hydrogens is 282 g/mol. The molecule has 0 saturated heterocycles. The maximum Gasteiger partial charge on any atom is 0.0314 e. The van der Waals surface area contributed by atoms with Crippen molar-refractivity contribution in [2.45, 2.75) is 29.1 Å². The summed E-state index contributed by atoms with van der Waals surface area (Å²) in [7, 11) is 3.51. The topological polar surface area (TPSA) is 26.0 Å². The van der Waals surface area contributed by atoms with Crippen LogP contribution in [-0.4, -0.2) is 0 Å². The average molecular weight is 301 g/mol. The maximum absolute atomic E-state index is 5.68. The lowest BCUT2D eigenvalue weighted by Crippen LogP contribution is -1.91. The molecule has 1 atom stereocenters. The van der Waals surface area contributed by atoms with Crippen LogP contribution >= 0.6 is 21.6 Å². The van der Waals surface area contributed by atoms with Crippen LogP contribution in [0.15, 0.2) is 71.0 Å². The van der Waals surface area contributed by atoms with Crippen molar-refractivity contribution >= 4 is 27.3 Å². The summed E-state index contributed by atoms with van der Waals surface area (Å²) in [5.74, 6) is 0.457. The number of nitrogen functional groups attached to an aromatic ring is 1. The fourth-order valence-electron chi connectivity index (χ4n) is 1.93. The van der Waals surface area contributed by atoms with E-state index in [4.69, 9.17) is 5.73 Å². The van der Waals surface area contributed by atoms with E-state index in [0.29, 0.717) is 5.92 Å². The van der Waals surface area contributed by atoms with Gasteiger partial charge in [-0.1, -0.05) is 46.7 Å². The molecule has 0 heterocycles. The summed E-state index contributed by atoms with van der Waals surface area (Å²) in [5, 5.41) is 0. The number of benzene rings is 2. The van der Waals surface area contributed by atoms with E-state index >= 15 is 0 Å². The predicted octanol–water partition coefficient (Wildman–Crippen LogP) is 5.75. The number of rotatable bonds is 6. The van der Waals surface area contributed by atoms with Crippen LogP contribution in [0.5, 0.6) is 0 Å². The molecular formula is C17H19NS2. The summed E-state index contributed by atoms with van der Waals surface area (Å²) in [6.45, 7) is 6.08. The summed E-state index contributed by atoms with van der Waals surface area (Å²) in [6.07, 6.45) is 3.11. The molecule has 3 heteroatoms. The lowest BCUT2D eigenvalue weighted by Gasteiger charge is -2.10. The molecule has 0 bridgehead atoms. The summed E-state index contributed by atoms with van der Waals surface area (Å²) in [4.78, 5) is 2.47. The first kappa shape index (κ1) is 15.1. The van der Waals surface area contributed by atoms with Crippen molar-refractivity contribution in [2.75, 3.05) is 5.73 Å². The molecule has 104 valence electrons. The molecule has 0 fully saturated rings. The molecule has 2 N–H and O–H groups in total. The van der Waals surface area contributed by atoms with E-state index < -0.39 is 0 Å². The maximum atomic E-state index is 5.68. The fraction of sp³-hybridized carbons (Fsp3) is 0.176. The lowest BCUT2D eigenvalue weighted by molar-refractivity contribution is 0.806. The summed E-state index contributed by atoms with van der Waals surface area (Å²) < 4.78 is 0. The van der Waals surface area contributed by atoms with Crippen LogP contribution in [0.1, 0.15) is 24.8 Å². The van der Waals surface area contributed by atoms with Gasteiger partial charge in [-0.25, -0.2) is 0 Å². The Balaban J connectivity index is 1.97. The Morgan fingerprint density at radius 1 is 1.00 bits per heavy atom. The van der Waals surface area contributed by atoms with Gasteiger partial charge in [0.25, 0.3) is 0 Å². The normalized spacial score (nSPS) is 12.1. The predicted molar refractivity (Wildman–Crippen MR) is 92.2 cm³/mol. The smallest absolute Gasteiger partial charge is 0.0314 e. The van der Waals surface area contributed by atoms with E-state index in [0.717, 1.165) is 12.1 Å². The van der Waals surface area contributed by atoms with Crippen molar-refractivity contribution in [2.24, 2.45) is 0 Å². The number of anilines is 1. The molecule has 0 saturated carbocycles. The van der Waals surface area contributed by atoms with Crippen LogP contribution in [0.25, 0.3) is 0 Å². The molecule has 20 heavy (non-hydrogen) atoms. The molecule has 0 aliphatic heterocycles. The van der Waals surface area contributed by atoms with Crippen LogP contribution < -0.4 is 5.73 Å². The third kappa shape index (κ3) is 4.09. The molecule has 0 unspecified atom stereocenters. The second-order valence-corrected chi connectivity index (χ2v) is 6.83. The highest BCUT2D eigenvalue weighted by atomic mass is 33.1. The Bertz CT molecular complexity index is 546. The molecule has 0 aromatic heterocycles. The first-order chi connectivity index (χ1) is 9.72. The fourth-order valence-corrected chi connectivity index (χ4v) is 3.86. The quantitative estimate of drug-likeness (QED) is 0.418. The summed E-state index contributed by atoms with van der Waals surface area (Å²) in [5.41, 5.74) is 7.82. The van der Waals surface area contributed by atoms with E-state index in [2.05, 4.69) is 37.8 Å². The van der Waals surface area contributed by atoms with Gasteiger partial charge in [0, 0.05) is 21.4 Å². The van der Waals surface area contributed by atoms with E-state index in [1.54, 1.807) is 21.6 Å². The van der Waals surface area contributed by atoms with Crippen LogP contribution in [0.2, 0.25) is 0 Å². The number of hydrogen-bond acceptors (Lipinski definition) is 3. The van der Waals surface area contributed by atoms with Crippen molar-refractivity contribution < 1.29 is 0 Å². The van der Waals surface area contributed by atoms with Gasteiger partial charge in [-0.05, 0) is 48.4 Å². The van der Waals surface area contributed by atoms with Gasteiger partial charge in [-0.15, -0.1) is 6.58 Å². The van der Waals surface area contributed by atoms with Gasteiger partial charge in [0.15, 0.2) is 0 Å². The highest BCUT2D eigenvalue weighted by Crippen LogP contribution is 2.38. The Kier molecular flexibility index (Phi) is 5.62. The van der Waals surface area contributed by atoms with Crippen LogP contribution in [0.4, 0.5) is 5.69 Å². The standard InChI is InChI=1S/C17H19NS2/c1-3-13(4-2)14-5-9-16(10-6-14)19-20-17-11-7-15(18)8-12-17/h3,5-13H,1,4,18H2,2H3/t13-/m1/s1. The van der Waals surface area contributed by atoms with Crippen molar-refractivity contribution in [3.8, 4) is 0 Å². The second kappa shape index (κ2) is 7.46. The molecule has 2 aromatic rings. The highest BCUT2D eigenvalue weighted by Gasteiger charge is 2.05. The van der Waals surface area contributed by atoms with Crippen molar-refractivity contribution in [3.63, 3.8) is 0 Å². The van der Waals surface area contributed by atoms with Gasteiger partial charge in [-0.3, -0.25) is 0 Å². The Labute approximate surface area is 129 Å². The van der Waals surface area contributed by atoms with Gasteiger partial charge in [0.05, 0.1) is 0 Å². The largest absolute Gasteiger partial charge is 0.399 e. The van der Waals surface area contributed by atoms with Crippen molar-refractivity contribution in [1.29, 1.82) is 0 Å². The van der Waals surface area contributed by atoms with Gasteiger partial charge < -0.3 is 5.73 Å². The van der Waals surface area contributed by atoms with Gasteiger partial charge in [0.1, 0.15) is 0 Å². The van der Waals surface area contributed by atoms with E-state index in [9.17, 15) is 0 Å². The highest BCUT2D eigenvalue weighted by molar-refractivity contribution is 8.76. The Hall–Kier alpha value is -1.32. The zero-order chi connectivity index (χ0) is 14.4. The number of allylic oxidation sites excluding steroid dienone is 1. The van der Waals surface area contributed by atoms with E-state index in [1.807, 2.05) is 30.3 Å². The molecule has 0 spiro atoms. The first-order valence-electron chi connectivity index (χ1n) is 6.65.